The second-order valence-electron chi connectivity index (χ2n) is 37.0. The first kappa shape index (κ1) is 93.0. The number of nitrogens with zero attached hydrogens (tertiary/aromatic N) is 7. The third kappa shape index (κ3) is 22.3. The van der Waals surface area contributed by atoms with Crippen molar-refractivity contribution >= 4 is 129 Å². The van der Waals surface area contributed by atoms with Crippen LogP contribution in [0.3, 0.4) is 0 Å². The van der Waals surface area contributed by atoms with Gasteiger partial charge >= 0.3 is 0 Å². The molecule has 0 N–H and O–H groups in total. The van der Waals surface area contributed by atoms with E-state index >= 15 is 0 Å². The molecule has 21 rings (SSSR count). The van der Waals surface area contributed by atoms with Crippen molar-refractivity contribution in [2.24, 2.45) is 0 Å². The van der Waals surface area contributed by atoms with Gasteiger partial charge in [-0.05, 0) is 417 Å². The molecule has 0 saturated carbocycles. The average Bonchev–Trinajstić information content (AvgIpc) is 0.776. The van der Waals surface area contributed by atoms with Gasteiger partial charge in [0, 0.05) is 119 Å². The highest BCUT2D eigenvalue weighted by atomic mass is 31.0. The molecule has 0 spiro atoms. The normalized spacial score (nSPS) is 11.1. The number of anilines is 21. The van der Waals surface area contributed by atoms with Crippen LogP contribution in [0.1, 0.15) is 50.1 Å². The van der Waals surface area contributed by atoms with E-state index in [0.29, 0.717) is 0 Å². The van der Waals surface area contributed by atoms with Crippen molar-refractivity contribution in [2.45, 2.75) is 62.3 Å². The maximum atomic E-state index is 6.31. The Morgan fingerprint density at radius 1 is 0.118 bits per heavy atom. The van der Waals surface area contributed by atoms with Crippen molar-refractivity contribution in [2.75, 3.05) is 41.0 Å². The summed E-state index contributed by atoms with van der Waals surface area (Å²) >= 11 is 0. The Bertz CT molecular complexity index is 7320. The van der Waals surface area contributed by atoms with Gasteiger partial charge in [0.15, 0.2) is 0 Å². The van der Waals surface area contributed by atoms with Crippen molar-refractivity contribution in [3.8, 4) is 55.6 Å². The minimum Gasteiger partial charge on any atom is -0.311 e. The van der Waals surface area contributed by atoms with E-state index in [4.69, 9.17) is 2.56 Å². The quantitative estimate of drug-likeness (QED) is 0.0498. The summed E-state index contributed by atoms with van der Waals surface area (Å²) in [6.07, 6.45) is 0. The lowest BCUT2D eigenvalue weighted by molar-refractivity contribution is 1.26. The predicted molar refractivity (Wildman–Crippen MR) is 621 cm³/mol. The van der Waals surface area contributed by atoms with Gasteiger partial charge in [-0.3, -0.25) is 0 Å². The van der Waals surface area contributed by atoms with Crippen molar-refractivity contribution < 1.29 is 0 Å². The molecular weight excluding hydrogens is 1760 g/mol. The lowest BCUT2D eigenvalue weighted by Crippen LogP contribution is -2.10. The number of hydrogen-bond donors (Lipinski definition) is 0. The van der Waals surface area contributed by atoms with Gasteiger partial charge in [0.25, 0.3) is 0 Å². The number of hydrogen-bond acceptors (Lipinski definition) is 7. The first-order valence-electron chi connectivity index (χ1n) is 50.2. The van der Waals surface area contributed by atoms with Crippen LogP contribution >= 0.6 is 9.13 Å². The molecule has 0 aromatic heterocycles. The molecule has 144 heavy (non-hydrogen) atoms. The lowest BCUT2D eigenvalue weighted by Gasteiger charge is -2.27. The van der Waals surface area contributed by atoms with Crippen molar-refractivity contribution in [3.05, 3.63) is 572 Å². The van der Waals surface area contributed by atoms with Gasteiger partial charge in [-0.2, -0.15) is 0 Å². The summed E-state index contributed by atoms with van der Waals surface area (Å²) in [6.45, 7) is 20.9. The largest absolute Gasteiger partial charge is 0.311 e. The Kier molecular flexibility index (Phi) is 28.7. The minimum atomic E-state index is -1.12. The van der Waals surface area contributed by atoms with E-state index in [2.05, 4.69) is 618 Å². The maximum absolute atomic E-state index is 6.31. The molecule has 0 unspecified atom stereocenters. The zero-order chi connectivity index (χ0) is 101. The molecule has 0 atom stereocenters. The van der Waals surface area contributed by atoms with Gasteiger partial charge < -0.3 is 34.3 Å². The molecule has 0 aliphatic carbocycles. The van der Waals surface area contributed by atoms with Gasteiger partial charge in [0.2, 0.25) is 0 Å². The topological polar surface area (TPSA) is 22.7 Å². The molecule has 8 heteroatoms. The highest BCUT2D eigenvalue weighted by Crippen LogP contribution is 2.47. The summed E-state index contributed by atoms with van der Waals surface area (Å²) in [6, 6.07) is 189. The number of benzene rings is 21. The second kappa shape index (κ2) is 44.4. The second-order valence-corrected chi connectivity index (χ2v) is 37.0. The molecule has 0 saturated heterocycles. The Morgan fingerprint density at radius 3 is 0.347 bits per heavy atom. The summed E-state index contributed by atoms with van der Waals surface area (Å²) in [5.74, 6) is 0. The predicted octanol–water partition coefficient (Wildman–Crippen LogP) is 39.3. The van der Waals surface area contributed by atoms with Gasteiger partial charge in [-0.25, -0.2) is 0 Å². The van der Waals surface area contributed by atoms with Crippen LogP contribution < -0.4 is 34.3 Å². The van der Waals surface area contributed by atoms with E-state index in [1.165, 1.54) is 83.5 Å². The lowest BCUT2D eigenvalue weighted by atomic mass is 10.0. The smallest absolute Gasteiger partial charge is 0.0543 e. The molecule has 0 fully saturated rings. The fourth-order valence-corrected chi connectivity index (χ4v) is 19.1. The van der Waals surface area contributed by atoms with Crippen LogP contribution in [-0.2, 0) is 0 Å². The van der Waals surface area contributed by atoms with Gasteiger partial charge in [0.05, 0.1) is 2.56 Å². The minimum absolute atomic E-state index is 1.09. The summed E-state index contributed by atoms with van der Waals surface area (Å²) in [4.78, 5) is 16.3. The van der Waals surface area contributed by atoms with Gasteiger partial charge in [-0.1, -0.05) is 279 Å². The first-order chi connectivity index (χ1) is 71.3. The van der Waals surface area contributed by atoms with Crippen LogP contribution in [0.25, 0.3) is 55.6 Å². The highest BCUT2D eigenvalue weighted by Gasteiger charge is 2.23. The van der Waals surface area contributed by atoms with Gasteiger partial charge in [0.1, 0.15) is 0 Å². The standard InChI is InChI=1S/C76H62N4.C59H51N3.CH5P/c1-55-15-11-23-73(51-55)79(74-24-12-16-56(2)52-74)71-47-35-63(36-48-71)61-31-43-69(44-32-61)77(65-19-7-5-8-20-65)67-39-27-59(28-40-67)60-29-41-68(42-30-60)78(66-21-9-6-10-22-66)70-45-33-62(34-46-70)64-37-49-72(50-38-64)80(75-25-13-17-57(3)53-75)76-26-14-18-58(4)54-76;1-42-18-28-51(29-19-42)60(52-30-20-47(21-31-52)49-24-34-54(35-25-49)61(56-14-6-10-43(2)38-56)57-15-7-11-44(3)39-57)53-32-22-48(23-33-53)50-26-36-55(37-27-50)62(58-16-8-12-45(4)40-58)59-17-9-13-46(5)41-59;1-2/h5-54H,1-4H3;6-41H,1-5H3;2H2,1H3/i;;2T2. The SMILES string of the molecule is Cc1ccc(N(c2ccc(-c3ccc(N(c4cccc(C)c4)c4cccc(C)c4)cc3)cc2)c2ccc(-c3ccc(N(c4cccc(C)c4)c4cccc(C)c4)cc3)cc2)cc1.Cc1cccc(N(c2ccc(-c3ccc(N(c4ccccc4)c4ccc(-c5ccc(N(c6ccccc6)c6ccc(-c7ccc(N(c8cccc(C)c8)c8cccc(C)c8)cc7)cc6)cc5)cc4)cc3)cc2)c2cccc(C)c2)c1.[3H]P([3H])C. The molecule has 21 aromatic rings. The summed E-state index contributed by atoms with van der Waals surface area (Å²) in [5.41, 5.74) is 46.2. The monoisotopic (exact) mass is 1880 g/mol. The zero-order valence-electron chi connectivity index (χ0n) is 85.2. The van der Waals surface area contributed by atoms with Crippen LogP contribution in [0.2, 0.25) is 0 Å². The Hall–Kier alpha value is -17.4. The summed E-state index contributed by atoms with van der Waals surface area (Å²) < 4.78 is 12.6. The molecule has 21 aromatic carbocycles. The Morgan fingerprint density at radius 2 is 0.222 bits per heavy atom. The van der Waals surface area contributed by atoms with Crippen LogP contribution in [-0.4, -0.2) is 9.22 Å². The molecule has 0 bridgehead atoms. The summed E-state index contributed by atoms with van der Waals surface area (Å²) in [7, 11) is -1.12. The van der Waals surface area contributed by atoms with Crippen molar-refractivity contribution in [1.82, 2.24) is 0 Å². The summed E-state index contributed by atoms with van der Waals surface area (Å²) in [5, 5.41) is 0. The molecule has 7 nitrogen and oxygen atoms in total. The van der Waals surface area contributed by atoms with E-state index in [1.54, 1.807) is 6.66 Å². The third-order valence-electron chi connectivity index (χ3n) is 26.3. The molecule has 702 valence electrons. The van der Waals surface area contributed by atoms with Crippen LogP contribution in [0.15, 0.2) is 522 Å². The van der Waals surface area contributed by atoms with Crippen LogP contribution in [0.4, 0.5) is 119 Å². The van der Waals surface area contributed by atoms with E-state index in [0.717, 1.165) is 142 Å². The maximum Gasteiger partial charge on any atom is 0.0543 e. The first-order valence-corrected chi connectivity index (χ1v) is 50.2. The number of rotatable bonds is 26. The van der Waals surface area contributed by atoms with E-state index in [9.17, 15) is 0 Å². The molecule has 0 aliphatic rings. The van der Waals surface area contributed by atoms with E-state index in [1.807, 2.05) is 0 Å². The van der Waals surface area contributed by atoms with Gasteiger partial charge in [-0.15, -0.1) is 9.13 Å². The molecule has 0 aliphatic heterocycles. The van der Waals surface area contributed by atoms with Crippen LogP contribution in [0.5, 0.6) is 0 Å². The van der Waals surface area contributed by atoms with Crippen molar-refractivity contribution in [3.63, 3.8) is 0 Å². The fraction of sp³-hybridized carbons (Fsp3) is 0.0735. The molecular formula is C136H118N7P. The van der Waals surface area contributed by atoms with E-state index < -0.39 is 9.13 Å². The Labute approximate surface area is 855 Å². The third-order valence-corrected chi connectivity index (χ3v) is 26.3. The molecule has 0 radical (unpaired) electrons. The van der Waals surface area contributed by atoms with Crippen LogP contribution in [0, 0.1) is 62.3 Å². The number of para-hydroxylation sites is 2. The zero-order valence-corrected chi connectivity index (χ0v) is 84.1. The highest BCUT2D eigenvalue weighted by molar-refractivity contribution is 7.15. The average molecular weight is 1890 g/mol. The number of aryl methyl sites for hydroxylation is 9. The van der Waals surface area contributed by atoms with Crippen molar-refractivity contribution in [1.29, 1.82) is 2.56 Å². The molecule has 0 amide bonds. The van der Waals surface area contributed by atoms with E-state index in [-0.39, 0.29) is 0 Å². The fourth-order valence-electron chi connectivity index (χ4n) is 19.1. The molecule has 0 heterocycles. The Balaban J connectivity index is 0.000000183.